The molecular weight excluding hydrogens is 464 g/mol. The summed E-state index contributed by atoms with van der Waals surface area (Å²) in [5.74, 6) is 1.55. The molecular formula is C19H18BrClN4O2S. The number of thioether (sulfide) groups is 1. The number of carbonyl (C=O) groups is 1. The second-order valence-corrected chi connectivity index (χ2v) is 8.02. The largest absolute Gasteiger partial charge is 0.486 e. The molecule has 0 radical (unpaired) electrons. The van der Waals surface area contributed by atoms with Crippen molar-refractivity contribution in [1.29, 1.82) is 0 Å². The standard InChI is InChI=1S/C19H18BrClN4O2S/c1-2-25-17(11-27-16-9-5-14(21)6-10-16)23-24-19(25)28-12-18(26)22-15-7-3-13(20)4-8-15/h3-10H,2,11-12H2,1H3,(H,22,26). The number of rotatable bonds is 8. The van der Waals surface area contributed by atoms with E-state index in [1.54, 1.807) is 24.3 Å². The summed E-state index contributed by atoms with van der Waals surface area (Å²) >= 11 is 10.6. The lowest BCUT2D eigenvalue weighted by Crippen LogP contribution is -2.14. The first kappa shape index (κ1) is 20.7. The highest BCUT2D eigenvalue weighted by molar-refractivity contribution is 9.10. The van der Waals surface area contributed by atoms with Crippen molar-refractivity contribution >= 4 is 50.9 Å². The van der Waals surface area contributed by atoms with Crippen LogP contribution >= 0.6 is 39.3 Å². The van der Waals surface area contributed by atoms with Crippen molar-refractivity contribution in [1.82, 2.24) is 14.8 Å². The Kier molecular flexibility index (Phi) is 7.36. The van der Waals surface area contributed by atoms with Crippen LogP contribution in [0, 0.1) is 0 Å². The predicted octanol–water partition coefficient (Wildman–Crippen LogP) is 5.02. The molecule has 0 saturated carbocycles. The first-order valence-corrected chi connectivity index (χ1v) is 10.7. The third-order valence-electron chi connectivity index (χ3n) is 3.75. The van der Waals surface area contributed by atoms with Gasteiger partial charge in [-0.2, -0.15) is 0 Å². The number of nitrogens with one attached hydrogen (secondary N) is 1. The molecule has 0 aliphatic rings. The molecule has 0 aliphatic heterocycles. The van der Waals surface area contributed by atoms with Crippen LogP contribution in [0.25, 0.3) is 0 Å². The monoisotopic (exact) mass is 480 g/mol. The maximum Gasteiger partial charge on any atom is 0.234 e. The first-order chi connectivity index (χ1) is 13.5. The Hall–Kier alpha value is -2.03. The smallest absolute Gasteiger partial charge is 0.234 e. The second-order valence-electron chi connectivity index (χ2n) is 5.73. The van der Waals surface area contributed by atoms with E-state index in [2.05, 4.69) is 31.4 Å². The third-order valence-corrected chi connectivity index (χ3v) is 5.50. The van der Waals surface area contributed by atoms with Gasteiger partial charge in [-0.15, -0.1) is 10.2 Å². The van der Waals surface area contributed by atoms with E-state index in [1.807, 2.05) is 35.8 Å². The minimum Gasteiger partial charge on any atom is -0.486 e. The zero-order valence-electron chi connectivity index (χ0n) is 15.1. The summed E-state index contributed by atoms with van der Waals surface area (Å²) in [7, 11) is 0. The van der Waals surface area contributed by atoms with Gasteiger partial charge in [0.05, 0.1) is 5.75 Å². The lowest BCUT2D eigenvalue weighted by Gasteiger charge is -2.09. The maximum atomic E-state index is 12.2. The molecule has 1 N–H and O–H groups in total. The fourth-order valence-corrected chi connectivity index (χ4v) is 3.60. The van der Waals surface area contributed by atoms with Crippen LogP contribution in [0.3, 0.4) is 0 Å². The Bertz CT molecular complexity index is 932. The van der Waals surface area contributed by atoms with Gasteiger partial charge in [0.2, 0.25) is 5.91 Å². The van der Waals surface area contributed by atoms with Crippen molar-refractivity contribution < 1.29 is 9.53 Å². The topological polar surface area (TPSA) is 69.0 Å². The highest BCUT2D eigenvalue weighted by atomic mass is 79.9. The lowest BCUT2D eigenvalue weighted by atomic mass is 10.3. The summed E-state index contributed by atoms with van der Waals surface area (Å²) < 4.78 is 8.64. The summed E-state index contributed by atoms with van der Waals surface area (Å²) in [5.41, 5.74) is 0.753. The molecule has 0 bridgehead atoms. The quantitative estimate of drug-likeness (QED) is 0.457. The molecule has 0 atom stereocenters. The molecule has 2 aromatic carbocycles. The van der Waals surface area contributed by atoms with Crippen LogP contribution in [0.15, 0.2) is 58.2 Å². The van der Waals surface area contributed by atoms with E-state index >= 15 is 0 Å². The number of benzene rings is 2. The van der Waals surface area contributed by atoms with E-state index < -0.39 is 0 Å². The number of hydrogen-bond donors (Lipinski definition) is 1. The molecule has 1 heterocycles. The lowest BCUT2D eigenvalue weighted by molar-refractivity contribution is -0.113. The molecule has 0 saturated heterocycles. The molecule has 0 aliphatic carbocycles. The first-order valence-electron chi connectivity index (χ1n) is 8.54. The van der Waals surface area contributed by atoms with Crippen molar-refractivity contribution in [3.05, 3.63) is 63.9 Å². The van der Waals surface area contributed by atoms with Gasteiger partial charge in [-0.05, 0) is 55.5 Å². The number of ether oxygens (including phenoxy) is 1. The maximum absolute atomic E-state index is 12.2. The molecule has 0 unspecified atom stereocenters. The Morgan fingerprint density at radius 3 is 2.57 bits per heavy atom. The van der Waals surface area contributed by atoms with Crippen molar-refractivity contribution in [3.8, 4) is 5.75 Å². The van der Waals surface area contributed by atoms with Crippen LogP contribution in [-0.2, 0) is 17.9 Å². The number of carbonyl (C=O) groups excluding carboxylic acids is 1. The molecule has 3 rings (SSSR count). The molecule has 0 fully saturated rings. The van der Waals surface area contributed by atoms with Crippen LogP contribution < -0.4 is 10.1 Å². The summed E-state index contributed by atoms with van der Waals surface area (Å²) in [4.78, 5) is 12.2. The molecule has 28 heavy (non-hydrogen) atoms. The molecule has 6 nitrogen and oxygen atoms in total. The van der Waals surface area contributed by atoms with Crippen LogP contribution in [0.5, 0.6) is 5.75 Å². The summed E-state index contributed by atoms with van der Waals surface area (Å²) in [5, 5.41) is 12.6. The second kappa shape index (κ2) is 9.95. The number of anilines is 1. The average molecular weight is 482 g/mol. The van der Waals surface area contributed by atoms with Crippen LogP contribution in [0.4, 0.5) is 5.69 Å². The highest BCUT2D eigenvalue weighted by Crippen LogP contribution is 2.20. The highest BCUT2D eigenvalue weighted by Gasteiger charge is 2.14. The van der Waals surface area contributed by atoms with Gasteiger partial charge >= 0.3 is 0 Å². The number of amides is 1. The third kappa shape index (κ3) is 5.73. The van der Waals surface area contributed by atoms with E-state index in [9.17, 15) is 4.79 Å². The normalized spacial score (nSPS) is 10.7. The molecule has 1 amide bonds. The van der Waals surface area contributed by atoms with Gasteiger partial charge in [-0.25, -0.2) is 0 Å². The molecule has 3 aromatic rings. The van der Waals surface area contributed by atoms with E-state index in [-0.39, 0.29) is 18.3 Å². The Balaban J connectivity index is 1.56. The van der Waals surface area contributed by atoms with Crippen molar-refractivity contribution in [2.75, 3.05) is 11.1 Å². The minimum absolute atomic E-state index is 0.100. The Labute approximate surface area is 180 Å². The Morgan fingerprint density at radius 1 is 1.18 bits per heavy atom. The van der Waals surface area contributed by atoms with Gasteiger partial charge < -0.3 is 14.6 Å². The fourth-order valence-electron chi connectivity index (χ4n) is 2.39. The average Bonchev–Trinajstić information content (AvgIpc) is 3.09. The summed E-state index contributed by atoms with van der Waals surface area (Å²) in [6.07, 6.45) is 0. The van der Waals surface area contributed by atoms with Gasteiger partial charge in [0, 0.05) is 21.7 Å². The molecule has 146 valence electrons. The molecule has 0 spiro atoms. The number of hydrogen-bond acceptors (Lipinski definition) is 5. The van der Waals surface area contributed by atoms with Gasteiger partial charge in [-0.3, -0.25) is 4.79 Å². The van der Waals surface area contributed by atoms with E-state index in [4.69, 9.17) is 16.3 Å². The zero-order valence-corrected chi connectivity index (χ0v) is 18.2. The van der Waals surface area contributed by atoms with Gasteiger partial charge in [-0.1, -0.05) is 39.3 Å². The SMILES string of the molecule is CCn1c(COc2ccc(Cl)cc2)nnc1SCC(=O)Nc1ccc(Br)cc1. The fraction of sp³-hybridized carbons (Fsp3) is 0.211. The van der Waals surface area contributed by atoms with Gasteiger partial charge in [0.15, 0.2) is 11.0 Å². The van der Waals surface area contributed by atoms with Crippen LogP contribution in [-0.4, -0.2) is 26.4 Å². The van der Waals surface area contributed by atoms with Crippen molar-refractivity contribution in [3.63, 3.8) is 0 Å². The minimum atomic E-state index is -0.100. The van der Waals surface area contributed by atoms with Crippen LogP contribution in [0.2, 0.25) is 5.02 Å². The number of halogens is 2. The van der Waals surface area contributed by atoms with E-state index in [0.29, 0.717) is 28.3 Å². The van der Waals surface area contributed by atoms with Crippen molar-refractivity contribution in [2.45, 2.75) is 25.2 Å². The van der Waals surface area contributed by atoms with E-state index in [0.717, 1.165) is 10.2 Å². The number of nitrogens with zero attached hydrogens (tertiary/aromatic N) is 3. The van der Waals surface area contributed by atoms with Gasteiger partial charge in [0.25, 0.3) is 0 Å². The van der Waals surface area contributed by atoms with Crippen LogP contribution in [0.1, 0.15) is 12.7 Å². The predicted molar refractivity (Wildman–Crippen MR) is 115 cm³/mol. The zero-order chi connectivity index (χ0) is 19.9. The van der Waals surface area contributed by atoms with Gasteiger partial charge in [0.1, 0.15) is 12.4 Å². The molecule has 9 heteroatoms. The summed E-state index contributed by atoms with van der Waals surface area (Å²) in [6.45, 7) is 2.97. The number of aromatic nitrogens is 3. The van der Waals surface area contributed by atoms with E-state index in [1.165, 1.54) is 11.8 Å². The van der Waals surface area contributed by atoms with Crippen molar-refractivity contribution in [2.24, 2.45) is 0 Å². The Morgan fingerprint density at radius 2 is 1.89 bits per heavy atom. The molecule has 1 aromatic heterocycles. The summed E-state index contributed by atoms with van der Waals surface area (Å²) in [6, 6.07) is 14.6.